The van der Waals surface area contributed by atoms with E-state index in [1.165, 1.54) is 19.2 Å². The molecule has 4 nitrogen and oxygen atoms in total. The van der Waals surface area contributed by atoms with Crippen molar-refractivity contribution in [3.05, 3.63) is 24.0 Å². The summed E-state index contributed by atoms with van der Waals surface area (Å²) >= 11 is 0. The number of methoxy groups -OCH3 is 1. The zero-order valence-corrected chi connectivity index (χ0v) is 11.8. The fourth-order valence-electron chi connectivity index (χ4n) is 1.54. The maximum absolute atomic E-state index is 13.1. The summed E-state index contributed by atoms with van der Waals surface area (Å²) in [5.74, 6) is 0.305. The van der Waals surface area contributed by atoms with Crippen LogP contribution in [0.5, 0.6) is 5.75 Å². The van der Waals surface area contributed by atoms with E-state index in [-0.39, 0.29) is 11.7 Å². The standard InChI is InChI=1S/C14H21FN2O2/c1-9(2)8-16-14(18)10(3)17-12-6-5-11(15)7-13(12)19-4/h5-7,9-10,17H,8H2,1-4H3,(H,16,18). The van der Waals surface area contributed by atoms with E-state index in [0.717, 1.165) is 0 Å². The van der Waals surface area contributed by atoms with Crippen LogP contribution in [0.25, 0.3) is 0 Å². The van der Waals surface area contributed by atoms with E-state index in [1.807, 2.05) is 13.8 Å². The highest BCUT2D eigenvalue weighted by molar-refractivity contribution is 5.84. The van der Waals surface area contributed by atoms with Gasteiger partial charge in [-0.2, -0.15) is 0 Å². The van der Waals surface area contributed by atoms with Gasteiger partial charge in [-0.25, -0.2) is 4.39 Å². The van der Waals surface area contributed by atoms with Crippen molar-refractivity contribution >= 4 is 11.6 Å². The molecule has 0 bridgehead atoms. The number of carbonyl (C=O) groups excluding carboxylic acids is 1. The van der Waals surface area contributed by atoms with Gasteiger partial charge in [-0.3, -0.25) is 4.79 Å². The summed E-state index contributed by atoms with van der Waals surface area (Å²) in [5, 5.41) is 5.84. The first-order chi connectivity index (χ1) is 8.93. The Morgan fingerprint density at radius 2 is 2.05 bits per heavy atom. The van der Waals surface area contributed by atoms with Crippen molar-refractivity contribution in [1.29, 1.82) is 0 Å². The normalized spacial score (nSPS) is 12.1. The number of anilines is 1. The molecule has 0 fully saturated rings. The van der Waals surface area contributed by atoms with Crippen LogP contribution in [-0.2, 0) is 4.79 Å². The molecule has 1 atom stereocenters. The smallest absolute Gasteiger partial charge is 0.242 e. The predicted octanol–water partition coefficient (Wildman–Crippen LogP) is 2.41. The van der Waals surface area contributed by atoms with Crippen LogP contribution in [0.4, 0.5) is 10.1 Å². The molecule has 0 saturated carbocycles. The molecule has 1 aromatic rings. The lowest BCUT2D eigenvalue weighted by molar-refractivity contribution is -0.121. The van der Waals surface area contributed by atoms with Crippen molar-refractivity contribution in [2.24, 2.45) is 5.92 Å². The van der Waals surface area contributed by atoms with E-state index in [0.29, 0.717) is 23.9 Å². The van der Waals surface area contributed by atoms with Gasteiger partial charge in [0, 0.05) is 12.6 Å². The van der Waals surface area contributed by atoms with Gasteiger partial charge >= 0.3 is 0 Å². The zero-order chi connectivity index (χ0) is 14.4. The van der Waals surface area contributed by atoms with E-state index < -0.39 is 6.04 Å². The molecule has 0 saturated heterocycles. The molecule has 5 heteroatoms. The molecule has 2 N–H and O–H groups in total. The van der Waals surface area contributed by atoms with E-state index in [2.05, 4.69) is 10.6 Å². The van der Waals surface area contributed by atoms with Crippen molar-refractivity contribution in [1.82, 2.24) is 5.32 Å². The molecule has 19 heavy (non-hydrogen) atoms. The van der Waals surface area contributed by atoms with Gasteiger partial charge in [-0.05, 0) is 25.0 Å². The quantitative estimate of drug-likeness (QED) is 0.833. The topological polar surface area (TPSA) is 50.4 Å². The summed E-state index contributed by atoms with van der Waals surface area (Å²) in [6, 6.07) is 3.74. The number of hydrogen-bond donors (Lipinski definition) is 2. The summed E-state index contributed by atoms with van der Waals surface area (Å²) < 4.78 is 18.1. The summed E-state index contributed by atoms with van der Waals surface area (Å²) in [4.78, 5) is 11.8. The lowest BCUT2D eigenvalue weighted by atomic mass is 10.2. The Hall–Kier alpha value is -1.78. The molecule has 1 aromatic carbocycles. The first-order valence-corrected chi connectivity index (χ1v) is 6.31. The molecule has 0 spiro atoms. The number of ether oxygens (including phenoxy) is 1. The van der Waals surface area contributed by atoms with Crippen LogP contribution in [0.1, 0.15) is 20.8 Å². The van der Waals surface area contributed by atoms with Crippen molar-refractivity contribution in [3.63, 3.8) is 0 Å². The number of hydrogen-bond acceptors (Lipinski definition) is 3. The largest absolute Gasteiger partial charge is 0.494 e. The molecule has 1 unspecified atom stereocenters. The molecule has 1 rings (SSSR count). The Bertz CT molecular complexity index is 435. The molecule has 0 aromatic heterocycles. The lowest BCUT2D eigenvalue weighted by Crippen LogP contribution is -2.39. The third-order valence-corrected chi connectivity index (χ3v) is 2.61. The summed E-state index contributed by atoms with van der Waals surface area (Å²) in [6.07, 6.45) is 0. The van der Waals surface area contributed by atoms with Gasteiger partial charge < -0.3 is 15.4 Å². The van der Waals surface area contributed by atoms with Crippen molar-refractivity contribution in [2.45, 2.75) is 26.8 Å². The molecule has 0 heterocycles. The lowest BCUT2D eigenvalue weighted by Gasteiger charge is -2.18. The SMILES string of the molecule is COc1cc(F)ccc1NC(C)C(=O)NCC(C)C. The summed E-state index contributed by atoms with van der Waals surface area (Å²) in [6.45, 7) is 6.44. The van der Waals surface area contributed by atoms with E-state index in [9.17, 15) is 9.18 Å². The second kappa shape index (κ2) is 6.97. The van der Waals surface area contributed by atoms with Crippen molar-refractivity contribution in [2.75, 3.05) is 19.0 Å². The summed E-state index contributed by atoms with van der Waals surface area (Å²) in [7, 11) is 1.46. The van der Waals surface area contributed by atoms with Gasteiger partial charge in [0.25, 0.3) is 0 Å². The van der Waals surface area contributed by atoms with Crippen LogP contribution in [0.15, 0.2) is 18.2 Å². The van der Waals surface area contributed by atoms with Crippen molar-refractivity contribution in [3.8, 4) is 5.75 Å². The van der Waals surface area contributed by atoms with Gasteiger partial charge in [-0.15, -0.1) is 0 Å². The molecule has 0 aliphatic rings. The van der Waals surface area contributed by atoms with Crippen LogP contribution in [-0.4, -0.2) is 25.6 Å². The van der Waals surface area contributed by atoms with Gasteiger partial charge in [0.05, 0.1) is 12.8 Å². The number of halogens is 1. The number of nitrogens with one attached hydrogen (secondary N) is 2. The van der Waals surface area contributed by atoms with E-state index in [4.69, 9.17) is 4.74 Å². The van der Waals surface area contributed by atoms with Gasteiger partial charge in [0.15, 0.2) is 0 Å². The first-order valence-electron chi connectivity index (χ1n) is 6.31. The van der Waals surface area contributed by atoms with Gasteiger partial charge in [-0.1, -0.05) is 13.8 Å². The first kappa shape index (κ1) is 15.3. The maximum Gasteiger partial charge on any atom is 0.242 e. The highest BCUT2D eigenvalue weighted by Gasteiger charge is 2.14. The van der Waals surface area contributed by atoms with Crippen LogP contribution in [0.2, 0.25) is 0 Å². The number of benzene rings is 1. The molecule has 1 amide bonds. The minimum absolute atomic E-state index is 0.0971. The molecular formula is C14H21FN2O2. The monoisotopic (exact) mass is 268 g/mol. The summed E-state index contributed by atoms with van der Waals surface area (Å²) in [5.41, 5.74) is 0.594. The fraction of sp³-hybridized carbons (Fsp3) is 0.500. The van der Waals surface area contributed by atoms with E-state index in [1.54, 1.807) is 13.0 Å². The third-order valence-electron chi connectivity index (χ3n) is 2.61. The Labute approximate surface area is 113 Å². The van der Waals surface area contributed by atoms with Crippen molar-refractivity contribution < 1.29 is 13.9 Å². The Morgan fingerprint density at radius 3 is 2.63 bits per heavy atom. The number of carbonyl (C=O) groups is 1. The molecule has 106 valence electrons. The van der Waals surface area contributed by atoms with Gasteiger partial charge in [0.2, 0.25) is 5.91 Å². The van der Waals surface area contributed by atoms with Crippen LogP contribution < -0.4 is 15.4 Å². The predicted molar refractivity (Wildman–Crippen MR) is 73.9 cm³/mol. The molecule has 0 aliphatic heterocycles. The van der Waals surface area contributed by atoms with Gasteiger partial charge in [0.1, 0.15) is 17.6 Å². The Kier molecular flexibility index (Phi) is 5.60. The second-order valence-corrected chi connectivity index (χ2v) is 4.85. The number of rotatable bonds is 6. The van der Waals surface area contributed by atoms with Crippen LogP contribution in [0.3, 0.4) is 0 Å². The third kappa shape index (κ3) is 4.77. The highest BCUT2D eigenvalue weighted by atomic mass is 19.1. The molecule has 0 aliphatic carbocycles. The average molecular weight is 268 g/mol. The minimum atomic E-state index is -0.418. The zero-order valence-electron chi connectivity index (χ0n) is 11.8. The Balaban J connectivity index is 2.65. The maximum atomic E-state index is 13.1. The highest BCUT2D eigenvalue weighted by Crippen LogP contribution is 2.25. The fourth-order valence-corrected chi connectivity index (χ4v) is 1.54. The Morgan fingerprint density at radius 1 is 1.37 bits per heavy atom. The van der Waals surface area contributed by atoms with Crippen LogP contribution >= 0.6 is 0 Å². The molecule has 0 radical (unpaired) electrons. The van der Waals surface area contributed by atoms with Crippen LogP contribution in [0, 0.1) is 11.7 Å². The minimum Gasteiger partial charge on any atom is -0.494 e. The average Bonchev–Trinajstić information content (AvgIpc) is 2.37. The molecular weight excluding hydrogens is 247 g/mol. The second-order valence-electron chi connectivity index (χ2n) is 4.85. The van der Waals surface area contributed by atoms with E-state index >= 15 is 0 Å². The number of amides is 1.